The third-order valence-corrected chi connectivity index (χ3v) is 2.09. The van der Waals surface area contributed by atoms with Gasteiger partial charge in [-0.15, -0.1) is 0 Å². The van der Waals surface area contributed by atoms with E-state index >= 15 is 0 Å². The first-order chi connectivity index (χ1) is 7.11. The second-order valence-electron chi connectivity index (χ2n) is 2.99. The van der Waals surface area contributed by atoms with Crippen LogP contribution in [-0.2, 0) is 0 Å². The molecule has 3 N–H and O–H groups in total. The Bertz CT molecular complexity index is 554. The molecule has 1 aromatic heterocycles. The molecule has 0 aliphatic carbocycles. The first kappa shape index (κ1) is 9.20. The molecule has 0 bridgehead atoms. The number of nitro groups is 1. The predicted octanol–water partition coefficient (Wildman–Crippen LogP) is 1.43. The van der Waals surface area contributed by atoms with Gasteiger partial charge in [0.1, 0.15) is 17.6 Å². The van der Waals surface area contributed by atoms with Crippen molar-refractivity contribution in [3.8, 4) is 5.75 Å². The largest absolute Gasteiger partial charge is 0.507 e. The van der Waals surface area contributed by atoms with Crippen molar-refractivity contribution in [2.24, 2.45) is 0 Å². The van der Waals surface area contributed by atoms with E-state index in [1.54, 1.807) is 12.1 Å². The molecule has 2 aromatic rings. The normalized spacial score (nSPS) is 10.4. The molecular formula is C9H7N3O3. The number of pyridine rings is 1. The highest BCUT2D eigenvalue weighted by molar-refractivity contribution is 5.98. The topological polar surface area (TPSA) is 102 Å². The van der Waals surface area contributed by atoms with Gasteiger partial charge in [-0.2, -0.15) is 0 Å². The quantitative estimate of drug-likeness (QED) is 0.541. The molecule has 0 spiro atoms. The number of benzene rings is 1. The number of aromatic hydroxyl groups is 1. The van der Waals surface area contributed by atoms with Crippen LogP contribution >= 0.6 is 0 Å². The maximum absolute atomic E-state index is 10.6. The van der Waals surface area contributed by atoms with E-state index in [1.807, 2.05) is 0 Å². The van der Waals surface area contributed by atoms with Gasteiger partial charge in [0.25, 0.3) is 0 Å². The summed E-state index contributed by atoms with van der Waals surface area (Å²) in [4.78, 5) is 13.8. The van der Waals surface area contributed by atoms with E-state index in [9.17, 15) is 15.2 Å². The molecule has 0 unspecified atom stereocenters. The number of fused-ring (bicyclic) bond motifs is 1. The monoisotopic (exact) mass is 205 g/mol. The third-order valence-electron chi connectivity index (χ3n) is 2.09. The number of hydrogen-bond donors (Lipinski definition) is 2. The lowest BCUT2D eigenvalue weighted by Gasteiger charge is -2.03. The van der Waals surface area contributed by atoms with Crippen molar-refractivity contribution >= 4 is 22.3 Å². The van der Waals surface area contributed by atoms with Crippen LogP contribution in [0.3, 0.4) is 0 Å². The van der Waals surface area contributed by atoms with Gasteiger partial charge < -0.3 is 10.8 Å². The molecule has 1 heterocycles. The molecule has 0 radical (unpaired) electrons. The number of nitrogens with two attached hydrogens (primary N) is 1. The highest BCUT2D eigenvalue weighted by Crippen LogP contribution is 2.33. The first-order valence-corrected chi connectivity index (χ1v) is 4.12. The van der Waals surface area contributed by atoms with Crippen molar-refractivity contribution in [3.63, 3.8) is 0 Å². The zero-order chi connectivity index (χ0) is 11.0. The molecule has 0 atom stereocenters. The zero-order valence-corrected chi connectivity index (χ0v) is 7.54. The minimum absolute atomic E-state index is 0.0666. The van der Waals surface area contributed by atoms with Crippen molar-refractivity contribution in [3.05, 3.63) is 34.5 Å². The van der Waals surface area contributed by atoms with Crippen LogP contribution < -0.4 is 5.73 Å². The van der Waals surface area contributed by atoms with Gasteiger partial charge in [-0.3, -0.25) is 10.1 Å². The van der Waals surface area contributed by atoms with Crippen LogP contribution in [0.25, 0.3) is 10.9 Å². The Hall–Kier alpha value is -2.37. The number of anilines is 1. The van der Waals surface area contributed by atoms with Crippen LogP contribution in [-0.4, -0.2) is 15.0 Å². The SMILES string of the molecule is Nc1c([N+](=O)[O-])cnc2cccc(O)c12. The van der Waals surface area contributed by atoms with Crippen LogP contribution in [0.1, 0.15) is 0 Å². The molecule has 0 aliphatic rings. The van der Waals surface area contributed by atoms with E-state index in [2.05, 4.69) is 4.98 Å². The summed E-state index contributed by atoms with van der Waals surface area (Å²) in [5.74, 6) is -0.110. The molecule has 0 saturated heterocycles. The number of phenolic OH excluding ortho intramolecular Hbond substituents is 1. The summed E-state index contributed by atoms with van der Waals surface area (Å²) in [5.41, 5.74) is 5.64. The second kappa shape index (κ2) is 3.09. The third kappa shape index (κ3) is 1.32. The van der Waals surface area contributed by atoms with Gasteiger partial charge in [-0.25, -0.2) is 4.98 Å². The molecule has 0 fully saturated rings. The predicted molar refractivity (Wildman–Crippen MR) is 54.5 cm³/mol. The number of rotatable bonds is 1. The highest BCUT2D eigenvalue weighted by Gasteiger charge is 2.16. The van der Waals surface area contributed by atoms with Crippen LogP contribution in [0.4, 0.5) is 11.4 Å². The highest BCUT2D eigenvalue weighted by atomic mass is 16.6. The molecule has 6 nitrogen and oxygen atoms in total. The fraction of sp³-hybridized carbons (Fsp3) is 0. The molecule has 2 rings (SSSR count). The smallest absolute Gasteiger partial charge is 0.311 e. The minimum Gasteiger partial charge on any atom is -0.507 e. The average molecular weight is 205 g/mol. The molecule has 6 heteroatoms. The summed E-state index contributed by atoms with van der Waals surface area (Å²) in [6.07, 6.45) is 1.08. The maximum atomic E-state index is 10.6. The lowest BCUT2D eigenvalue weighted by atomic mass is 10.1. The molecule has 1 aromatic carbocycles. The summed E-state index contributed by atoms with van der Waals surface area (Å²) >= 11 is 0. The van der Waals surface area contributed by atoms with Crippen LogP contribution in [0, 0.1) is 10.1 Å². The number of nitrogens with zero attached hydrogens (tertiary/aromatic N) is 2. The number of aromatic nitrogens is 1. The summed E-state index contributed by atoms with van der Waals surface area (Å²) in [5, 5.41) is 20.3. The lowest BCUT2D eigenvalue weighted by Crippen LogP contribution is -1.98. The van der Waals surface area contributed by atoms with E-state index in [0.717, 1.165) is 6.20 Å². The van der Waals surface area contributed by atoms with E-state index in [4.69, 9.17) is 5.73 Å². The fourth-order valence-corrected chi connectivity index (χ4v) is 1.39. The Kier molecular flexibility index (Phi) is 1.89. The zero-order valence-electron chi connectivity index (χ0n) is 7.54. The van der Waals surface area contributed by atoms with Crippen molar-refractivity contribution in [2.45, 2.75) is 0 Å². The standard InChI is InChI=1S/C9H7N3O3/c10-9-6(12(14)15)4-11-5-2-1-3-7(13)8(5)9/h1-4,13H,(H2,10,11). The lowest BCUT2D eigenvalue weighted by molar-refractivity contribution is -0.384. The van der Waals surface area contributed by atoms with Gasteiger partial charge in [-0.1, -0.05) is 6.07 Å². The first-order valence-electron chi connectivity index (χ1n) is 4.12. The van der Waals surface area contributed by atoms with Gasteiger partial charge in [0.15, 0.2) is 0 Å². The summed E-state index contributed by atoms with van der Waals surface area (Å²) in [6.45, 7) is 0. The van der Waals surface area contributed by atoms with E-state index < -0.39 is 4.92 Å². The Balaban J connectivity index is 2.89. The van der Waals surface area contributed by atoms with Crippen molar-refractivity contribution in [2.75, 3.05) is 5.73 Å². The Morgan fingerprint density at radius 1 is 1.47 bits per heavy atom. The number of nitrogen functional groups attached to an aromatic ring is 1. The van der Waals surface area contributed by atoms with Crippen LogP contribution in [0.2, 0.25) is 0 Å². The van der Waals surface area contributed by atoms with Gasteiger partial charge in [-0.05, 0) is 12.1 Å². The minimum atomic E-state index is -0.631. The summed E-state index contributed by atoms with van der Waals surface area (Å²) < 4.78 is 0. The van der Waals surface area contributed by atoms with E-state index in [-0.39, 0.29) is 22.5 Å². The second-order valence-corrected chi connectivity index (χ2v) is 2.99. The van der Waals surface area contributed by atoms with Crippen molar-refractivity contribution in [1.82, 2.24) is 4.98 Å². The number of hydrogen-bond acceptors (Lipinski definition) is 5. The Labute approximate surface area is 84.1 Å². The average Bonchev–Trinajstić information content (AvgIpc) is 2.17. The van der Waals surface area contributed by atoms with Gasteiger partial charge in [0, 0.05) is 0 Å². The van der Waals surface area contributed by atoms with Crippen LogP contribution in [0.5, 0.6) is 5.75 Å². The van der Waals surface area contributed by atoms with Crippen molar-refractivity contribution < 1.29 is 10.0 Å². The van der Waals surface area contributed by atoms with Crippen molar-refractivity contribution in [1.29, 1.82) is 0 Å². The molecule has 0 aliphatic heterocycles. The fourth-order valence-electron chi connectivity index (χ4n) is 1.39. The van der Waals surface area contributed by atoms with Crippen LogP contribution in [0.15, 0.2) is 24.4 Å². The molecule has 0 saturated carbocycles. The molecular weight excluding hydrogens is 198 g/mol. The molecule has 15 heavy (non-hydrogen) atoms. The Morgan fingerprint density at radius 2 is 2.20 bits per heavy atom. The summed E-state index contributed by atoms with van der Waals surface area (Å²) in [7, 11) is 0. The van der Waals surface area contributed by atoms with E-state index in [1.165, 1.54) is 6.07 Å². The van der Waals surface area contributed by atoms with Gasteiger partial charge >= 0.3 is 5.69 Å². The molecule has 76 valence electrons. The van der Waals surface area contributed by atoms with Gasteiger partial charge in [0.2, 0.25) is 0 Å². The summed E-state index contributed by atoms with van der Waals surface area (Å²) in [6, 6.07) is 4.62. The maximum Gasteiger partial charge on any atom is 0.311 e. The van der Waals surface area contributed by atoms with Gasteiger partial charge in [0.05, 0.1) is 15.8 Å². The number of phenols is 1. The Morgan fingerprint density at radius 3 is 2.87 bits per heavy atom. The molecule has 0 amide bonds. The van der Waals surface area contributed by atoms with E-state index in [0.29, 0.717) is 5.52 Å².